The van der Waals surface area contributed by atoms with E-state index in [0.29, 0.717) is 0 Å². The molecule has 1 heterocycles. The van der Waals surface area contributed by atoms with Crippen molar-refractivity contribution in [1.29, 1.82) is 0 Å². The lowest BCUT2D eigenvalue weighted by molar-refractivity contribution is 0.971. The van der Waals surface area contributed by atoms with Crippen molar-refractivity contribution >= 4 is 28.1 Å². The van der Waals surface area contributed by atoms with Gasteiger partial charge in [-0.2, -0.15) is 0 Å². The van der Waals surface area contributed by atoms with Gasteiger partial charge in [-0.25, -0.2) is 0 Å². The van der Waals surface area contributed by atoms with E-state index in [-0.39, 0.29) is 5.37 Å². The van der Waals surface area contributed by atoms with Crippen LogP contribution in [0.4, 0.5) is 5.69 Å². The first-order chi connectivity index (χ1) is 14.4. The zero-order valence-corrected chi connectivity index (χ0v) is 16.8. The van der Waals surface area contributed by atoms with Crippen LogP contribution < -0.4 is 4.90 Å². The molecule has 0 bridgehead atoms. The molecule has 140 valence electrons. The molecule has 0 N–H and O–H groups in total. The van der Waals surface area contributed by atoms with Crippen molar-refractivity contribution in [2.45, 2.75) is 5.37 Å². The molecule has 4 aromatic rings. The zero-order valence-electron chi connectivity index (χ0n) is 16.0. The molecule has 0 aliphatic carbocycles. The Kier molecular flexibility index (Phi) is 4.93. The third kappa shape index (κ3) is 3.48. The van der Waals surface area contributed by atoms with Crippen LogP contribution in [0.3, 0.4) is 0 Å². The number of nitrogens with zero attached hydrogens (tertiary/aromatic N) is 1. The minimum Gasteiger partial charge on any atom is -0.323 e. The standard InChI is InChI=1S/C27H21NS/c1-5-13-21(14-6-1)25-26(22-15-7-2-8-16-22)29-27(23-17-9-3-10-18-23)28(25)24-19-11-4-12-20-24/h1-20,27H. The highest BCUT2D eigenvalue weighted by Crippen LogP contribution is 2.56. The molecular formula is C27H21NS. The molecule has 0 spiro atoms. The van der Waals surface area contributed by atoms with Gasteiger partial charge in [-0.05, 0) is 28.8 Å². The largest absolute Gasteiger partial charge is 0.323 e. The van der Waals surface area contributed by atoms with Gasteiger partial charge in [-0.3, -0.25) is 0 Å². The third-order valence-electron chi connectivity index (χ3n) is 5.12. The average molecular weight is 392 g/mol. The van der Waals surface area contributed by atoms with Gasteiger partial charge in [-0.1, -0.05) is 121 Å². The maximum atomic E-state index is 2.48. The summed E-state index contributed by atoms with van der Waals surface area (Å²) in [6.45, 7) is 0. The zero-order chi connectivity index (χ0) is 19.5. The first-order valence-corrected chi connectivity index (χ1v) is 10.7. The van der Waals surface area contributed by atoms with E-state index in [9.17, 15) is 0 Å². The van der Waals surface area contributed by atoms with Gasteiger partial charge in [0, 0.05) is 10.6 Å². The van der Waals surface area contributed by atoms with Crippen LogP contribution in [0.2, 0.25) is 0 Å². The maximum absolute atomic E-state index is 2.48. The first-order valence-electron chi connectivity index (χ1n) is 9.83. The molecule has 1 aliphatic rings. The van der Waals surface area contributed by atoms with Gasteiger partial charge in [0.25, 0.3) is 0 Å². The minimum atomic E-state index is 0.184. The van der Waals surface area contributed by atoms with Crippen LogP contribution in [0.25, 0.3) is 10.6 Å². The second-order valence-corrected chi connectivity index (χ2v) is 8.09. The lowest BCUT2D eigenvalue weighted by Crippen LogP contribution is -2.21. The van der Waals surface area contributed by atoms with Gasteiger partial charge < -0.3 is 4.90 Å². The van der Waals surface area contributed by atoms with Gasteiger partial charge >= 0.3 is 0 Å². The lowest BCUT2D eigenvalue weighted by Gasteiger charge is -2.29. The van der Waals surface area contributed by atoms with E-state index in [0.717, 1.165) is 0 Å². The van der Waals surface area contributed by atoms with E-state index in [2.05, 4.69) is 126 Å². The molecule has 1 nitrogen and oxygen atoms in total. The number of anilines is 1. The van der Waals surface area contributed by atoms with Crippen LogP contribution in [0, 0.1) is 0 Å². The van der Waals surface area contributed by atoms with Gasteiger partial charge in [-0.15, -0.1) is 0 Å². The summed E-state index contributed by atoms with van der Waals surface area (Å²) in [4.78, 5) is 3.80. The Balaban J connectivity index is 1.75. The molecule has 1 unspecified atom stereocenters. The van der Waals surface area contributed by atoms with Crippen molar-refractivity contribution in [3.63, 3.8) is 0 Å². The van der Waals surface area contributed by atoms with E-state index in [1.807, 2.05) is 11.8 Å². The average Bonchev–Trinajstić information content (AvgIpc) is 3.22. The number of benzene rings is 4. The molecule has 2 heteroatoms. The fraction of sp³-hybridized carbons (Fsp3) is 0.0370. The molecule has 0 aromatic heterocycles. The lowest BCUT2D eigenvalue weighted by atomic mass is 10.0. The minimum absolute atomic E-state index is 0.184. The van der Waals surface area contributed by atoms with E-state index >= 15 is 0 Å². The van der Waals surface area contributed by atoms with E-state index < -0.39 is 0 Å². The second-order valence-electron chi connectivity index (χ2n) is 7.00. The highest BCUT2D eigenvalue weighted by Gasteiger charge is 2.35. The molecule has 0 saturated carbocycles. The van der Waals surface area contributed by atoms with Gasteiger partial charge in [0.05, 0.1) is 5.70 Å². The Morgan fingerprint density at radius 1 is 0.517 bits per heavy atom. The van der Waals surface area contributed by atoms with Crippen molar-refractivity contribution in [3.05, 3.63) is 138 Å². The summed E-state index contributed by atoms with van der Waals surface area (Å²) in [5, 5.41) is 0.184. The van der Waals surface area contributed by atoms with E-state index in [4.69, 9.17) is 0 Å². The SMILES string of the molecule is c1ccc(C2=C(c3ccccc3)N(c3ccccc3)C(c3ccccc3)S2)cc1. The Hall–Kier alpha value is -3.23. The van der Waals surface area contributed by atoms with Crippen LogP contribution >= 0.6 is 11.8 Å². The predicted octanol–water partition coefficient (Wildman–Crippen LogP) is 7.46. The number of hydrogen-bond donors (Lipinski definition) is 0. The molecule has 0 fully saturated rings. The molecule has 1 aliphatic heterocycles. The third-order valence-corrected chi connectivity index (χ3v) is 6.49. The number of rotatable bonds is 4. The topological polar surface area (TPSA) is 3.24 Å². The highest BCUT2D eigenvalue weighted by atomic mass is 32.2. The highest BCUT2D eigenvalue weighted by molar-refractivity contribution is 8.09. The smallest absolute Gasteiger partial charge is 0.110 e. The molecule has 29 heavy (non-hydrogen) atoms. The molecule has 5 rings (SSSR count). The van der Waals surface area contributed by atoms with E-state index in [1.165, 1.54) is 33.0 Å². The monoisotopic (exact) mass is 391 g/mol. The Morgan fingerprint density at radius 3 is 1.59 bits per heavy atom. The Morgan fingerprint density at radius 2 is 1.00 bits per heavy atom. The van der Waals surface area contributed by atoms with Crippen LogP contribution in [0.5, 0.6) is 0 Å². The van der Waals surface area contributed by atoms with Crippen LogP contribution in [-0.2, 0) is 0 Å². The molecule has 0 radical (unpaired) electrons. The normalized spacial score (nSPS) is 16.3. The van der Waals surface area contributed by atoms with Gasteiger partial charge in [0.2, 0.25) is 0 Å². The summed E-state index contributed by atoms with van der Waals surface area (Å²) in [7, 11) is 0. The van der Waals surface area contributed by atoms with Crippen molar-refractivity contribution in [3.8, 4) is 0 Å². The fourth-order valence-electron chi connectivity index (χ4n) is 3.80. The quantitative estimate of drug-likeness (QED) is 0.355. The van der Waals surface area contributed by atoms with Crippen LogP contribution in [0.1, 0.15) is 22.1 Å². The summed E-state index contributed by atoms with van der Waals surface area (Å²) in [5.41, 5.74) is 6.28. The predicted molar refractivity (Wildman–Crippen MR) is 125 cm³/mol. The van der Waals surface area contributed by atoms with Crippen molar-refractivity contribution < 1.29 is 0 Å². The number of para-hydroxylation sites is 1. The summed E-state index contributed by atoms with van der Waals surface area (Å²) < 4.78 is 0. The summed E-state index contributed by atoms with van der Waals surface area (Å²) in [6, 6.07) is 43.0. The number of hydrogen-bond acceptors (Lipinski definition) is 2. The maximum Gasteiger partial charge on any atom is 0.110 e. The summed E-state index contributed by atoms with van der Waals surface area (Å²) >= 11 is 1.93. The Bertz CT molecular complexity index is 1110. The summed E-state index contributed by atoms with van der Waals surface area (Å²) in [6.07, 6.45) is 0. The molecule has 1 atom stereocenters. The summed E-state index contributed by atoms with van der Waals surface area (Å²) in [5.74, 6) is 0. The van der Waals surface area contributed by atoms with E-state index in [1.54, 1.807) is 0 Å². The second kappa shape index (κ2) is 8.02. The van der Waals surface area contributed by atoms with Crippen molar-refractivity contribution in [1.82, 2.24) is 0 Å². The van der Waals surface area contributed by atoms with Crippen molar-refractivity contribution in [2.75, 3.05) is 4.90 Å². The van der Waals surface area contributed by atoms with Crippen LogP contribution in [0.15, 0.2) is 121 Å². The molecule has 4 aromatic carbocycles. The molecule has 0 saturated heterocycles. The van der Waals surface area contributed by atoms with Gasteiger partial charge in [0.15, 0.2) is 0 Å². The van der Waals surface area contributed by atoms with Crippen molar-refractivity contribution in [2.24, 2.45) is 0 Å². The first kappa shape index (κ1) is 17.8. The fourth-order valence-corrected chi connectivity index (χ4v) is 5.24. The van der Waals surface area contributed by atoms with Gasteiger partial charge in [0.1, 0.15) is 5.37 Å². The molecule has 0 amide bonds. The molecular weight excluding hydrogens is 370 g/mol. The Labute approximate surface area is 176 Å². The van der Waals surface area contributed by atoms with Crippen LogP contribution in [-0.4, -0.2) is 0 Å². The number of thioether (sulfide) groups is 1.